The van der Waals surface area contributed by atoms with Crippen LogP contribution in [0.4, 0.5) is 14.5 Å². The van der Waals surface area contributed by atoms with E-state index in [0.717, 1.165) is 12.1 Å². The van der Waals surface area contributed by atoms with Crippen molar-refractivity contribution >= 4 is 16.6 Å². The van der Waals surface area contributed by atoms with Gasteiger partial charge in [0.05, 0.1) is 4.92 Å². The van der Waals surface area contributed by atoms with Crippen molar-refractivity contribution in [2.24, 2.45) is 7.05 Å². The highest BCUT2D eigenvalue weighted by atomic mass is 19.2. The largest absolute Gasteiger partial charge is 0.457 e. The van der Waals surface area contributed by atoms with E-state index in [1.807, 2.05) is 0 Å². The van der Waals surface area contributed by atoms with Crippen LogP contribution in [0.5, 0.6) is 11.5 Å². The average molecular weight is 397 g/mol. The molecular weight excluding hydrogens is 384 g/mol. The smallest absolute Gasteiger partial charge is 0.274 e. The van der Waals surface area contributed by atoms with E-state index in [-0.39, 0.29) is 22.7 Å². The van der Waals surface area contributed by atoms with Gasteiger partial charge in [-0.2, -0.15) is 0 Å². The number of non-ortho nitro benzene ring substituents is 1. The summed E-state index contributed by atoms with van der Waals surface area (Å²) >= 11 is 0. The van der Waals surface area contributed by atoms with E-state index in [0.29, 0.717) is 22.0 Å². The number of aromatic amines is 1. The molecule has 0 amide bonds. The first-order valence-corrected chi connectivity index (χ1v) is 8.43. The lowest BCUT2D eigenvalue weighted by Gasteiger charge is -2.13. The van der Waals surface area contributed by atoms with Crippen LogP contribution in [0, 0.1) is 21.7 Å². The lowest BCUT2D eigenvalue weighted by atomic mass is 10.0. The summed E-state index contributed by atoms with van der Waals surface area (Å²) in [5.74, 6) is -1.90. The molecule has 0 bridgehead atoms. The Kier molecular flexibility index (Phi) is 4.34. The van der Waals surface area contributed by atoms with Gasteiger partial charge in [-0.05, 0) is 24.3 Å². The molecule has 2 aromatic heterocycles. The maximum absolute atomic E-state index is 13.6. The average Bonchev–Trinajstić information content (AvgIpc) is 3.18. The summed E-state index contributed by atoms with van der Waals surface area (Å²) in [5, 5.41) is 11.8. The fourth-order valence-corrected chi connectivity index (χ4v) is 3.08. The number of hydrogen-bond donors (Lipinski definition) is 1. The zero-order valence-electron chi connectivity index (χ0n) is 15.0. The Hall–Kier alpha value is -4.01. The van der Waals surface area contributed by atoms with Crippen molar-refractivity contribution in [3.8, 4) is 22.6 Å². The molecule has 4 rings (SSSR count). The highest BCUT2D eigenvalue weighted by Gasteiger charge is 2.19. The van der Waals surface area contributed by atoms with Crippen LogP contribution in [0.1, 0.15) is 0 Å². The third-order valence-electron chi connectivity index (χ3n) is 4.48. The summed E-state index contributed by atoms with van der Waals surface area (Å²) < 4.78 is 33.8. The number of aromatic nitrogens is 2. The second-order valence-electron chi connectivity index (χ2n) is 6.34. The lowest BCUT2D eigenvalue weighted by molar-refractivity contribution is -0.384. The number of fused-ring (bicyclic) bond motifs is 1. The van der Waals surface area contributed by atoms with Crippen molar-refractivity contribution in [1.29, 1.82) is 0 Å². The van der Waals surface area contributed by atoms with Gasteiger partial charge in [0.25, 0.3) is 11.2 Å². The van der Waals surface area contributed by atoms with E-state index in [2.05, 4.69) is 4.98 Å². The predicted octanol–water partition coefficient (Wildman–Crippen LogP) is 4.51. The number of rotatable bonds is 4. The van der Waals surface area contributed by atoms with Gasteiger partial charge in [-0.1, -0.05) is 0 Å². The van der Waals surface area contributed by atoms with Crippen LogP contribution in [0.2, 0.25) is 0 Å². The Morgan fingerprint density at radius 2 is 1.86 bits per heavy atom. The topological polar surface area (TPSA) is 90.2 Å². The van der Waals surface area contributed by atoms with Gasteiger partial charge in [-0.15, -0.1) is 0 Å². The zero-order chi connectivity index (χ0) is 20.7. The summed E-state index contributed by atoms with van der Waals surface area (Å²) in [6.07, 6.45) is 3.12. The Bertz CT molecular complexity index is 1330. The van der Waals surface area contributed by atoms with E-state index in [4.69, 9.17) is 4.74 Å². The minimum Gasteiger partial charge on any atom is -0.457 e. The van der Waals surface area contributed by atoms with Crippen molar-refractivity contribution in [1.82, 2.24) is 9.55 Å². The maximum Gasteiger partial charge on any atom is 0.274 e. The number of nitro benzene ring substituents is 1. The summed E-state index contributed by atoms with van der Waals surface area (Å²) in [5.41, 5.74) is 0.710. The van der Waals surface area contributed by atoms with Crippen LogP contribution in [0.15, 0.2) is 59.7 Å². The normalized spacial score (nSPS) is 11.0. The standard InChI is InChI=1S/C20H13F2N3O4/c1-24-10-15(13-6-7-23-19(13)20(24)26)14-8-11(25(27)28)2-5-18(14)29-12-3-4-16(21)17(22)9-12/h2-10,23H,1H3. The van der Waals surface area contributed by atoms with Gasteiger partial charge >= 0.3 is 0 Å². The third kappa shape index (κ3) is 3.22. The molecule has 29 heavy (non-hydrogen) atoms. The number of benzene rings is 2. The van der Waals surface area contributed by atoms with Gasteiger partial charge in [-0.3, -0.25) is 14.9 Å². The van der Waals surface area contributed by atoms with Crippen LogP contribution in [0.3, 0.4) is 0 Å². The number of halogens is 2. The second-order valence-corrected chi connectivity index (χ2v) is 6.34. The highest BCUT2D eigenvalue weighted by molar-refractivity contribution is 5.96. The van der Waals surface area contributed by atoms with Crippen LogP contribution in [-0.2, 0) is 7.05 Å². The summed E-state index contributed by atoms with van der Waals surface area (Å²) in [6, 6.07) is 8.65. The molecule has 0 spiro atoms. The molecule has 0 aliphatic carbocycles. The molecule has 0 aliphatic rings. The quantitative estimate of drug-likeness (QED) is 0.405. The lowest BCUT2D eigenvalue weighted by Crippen LogP contribution is -2.16. The van der Waals surface area contributed by atoms with Gasteiger partial charge in [0.15, 0.2) is 11.6 Å². The summed E-state index contributed by atoms with van der Waals surface area (Å²) in [7, 11) is 1.55. The van der Waals surface area contributed by atoms with E-state index < -0.39 is 16.6 Å². The molecule has 1 N–H and O–H groups in total. The van der Waals surface area contributed by atoms with Crippen LogP contribution in [-0.4, -0.2) is 14.5 Å². The fraction of sp³-hybridized carbons (Fsp3) is 0.0500. The van der Waals surface area contributed by atoms with E-state index >= 15 is 0 Å². The maximum atomic E-state index is 13.6. The number of nitro groups is 1. The van der Waals surface area contributed by atoms with Crippen LogP contribution >= 0.6 is 0 Å². The molecule has 2 aromatic carbocycles. The number of nitrogens with zero attached hydrogens (tertiary/aromatic N) is 2. The first-order valence-electron chi connectivity index (χ1n) is 8.43. The molecule has 2 heterocycles. The van der Waals surface area contributed by atoms with Gasteiger partial charge in [0.2, 0.25) is 0 Å². The Labute approximate surface area is 161 Å². The first-order chi connectivity index (χ1) is 13.8. The monoisotopic (exact) mass is 397 g/mol. The number of nitrogens with one attached hydrogen (secondary N) is 1. The number of pyridine rings is 1. The molecular formula is C20H13F2N3O4. The highest BCUT2D eigenvalue weighted by Crippen LogP contribution is 2.38. The fourth-order valence-electron chi connectivity index (χ4n) is 3.08. The summed E-state index contributed by atoms with van der Waals surface area (Å²) in [6.45, 7) is 0. The molecule has 0 saturated carbocycles. The molecule has 7 nitrogen and oxygen atoms in total. The predicted molar refractivity (Wildman–Crippen MR) is 102 cm³/mol. The van der Waals surface area contributed by atoms with Gasteiger partial charge < -0.3 is 14.3 Å². The number of H-pyrrole nitrogens is 1. The van der Waals surface area contributed by atoms with Crippen molar-refractivity contribution in [2.75, 3.05) is 0 Å². The number of aryl methyl sites for hydroxylation is 1. The minimum absolute atomic E-state index is 0.0223. The molecule has 0 fully saturated rings. The molecule has 0 aliphatic heterocycles. The number of ether oxygens (including phenoxy) is 1. The molecule has 4 aromatic rings. The van der Waals surface area contributed by atoms with Gasteiger partial charge in [0.1, 0.15) is 17.0 Å². The molecule has 0 radical (unpaired) electrons. The van der Waals surface area contributed by atoms with Crippen molar-refractivity contribution in [2.45, 2.75) is 0 Å². The van der Waals surface area contributed by atoms with Gasteiger partial charge in [-0.25, -0.2) is 8.78 Å². The SMILES string of the molecule is Cn1cc(-c2cc([N+](=O)[O-])ccc2Oc2ccc(F)c(F)c2)c2cc[nH]c2c1=O. The van der Waals surface area contributed by atoms with Crippen LogP contribution < -0.4 is 10.3 Å². The van der Waals surface area contributed by atoms with E-state index in [1.165, 1.54) is 35.0 Å². The molecule has 146 valence electrons. The zero-order valence-corrected chi connectivity index (χ0v) is 15.0. The Morgan fingerprint density at radius 1 is 1.07 bits per heavy atom. The van der Waals surface area contributed by atoms with Gasteiger partial charge in [0, 0.05) is 54.2 Å². The van der Waals surface area contributed by atoms with Crippen molar-refractivity contribution in [3.05, 3.63) is 87.0 Å². The van der Waals surface area contributed by atoms with Crippen LogP contribution in [0.25, 0.3) is 22.0 Å². The molecule has 0 atom stereocenters. The van der Waals surface area contributed by atoms with E-state index in [9.17, 15) is 23.7 Å². The molecule has 0 saturated heterocycles. The Balaban J connectivity index is 1.94. The number of hydrogen-bond acceptors (Lipinski definition) is 4. The molecule has 0 unspecified atom stereocenters. The van der Waals surface area contributed by atoms with E-state index in [1.54, 1.807) is 19.3 Å². The second kappa shape index (κ2) is 6.86. The first kappa shape index (κ1) is 18.4. The van der Waals surface area contributed by atoms with Crippen molar-refractivity contribution < 1.29 is 18.4 Å². The third-order valence-corrected chi connectivity index (χ3v) is 4.48. The molecule has 9 heteroatoms. The summed E-state index contributed by atoms with van der Waals surface area (Å²) in [4.78, 5) is 25.9. The minimum atomic E-state index is -1.08. The van der Waals surface area contributed by atoms with Crippen molar-refractivity contribution in [3.63, 3.8) is 0 Å². The Morgan fingerprint density at radius 3 is 2.59 bits per heavy atom.